The summed E-state index contributed by atoms with van der Waals surface area (Å²) in [6.45, 7) is 5.39. The minimum atomic E-state index is -0.0203. The molecule has 1 aliphatic rings. The van der Waals surface area contributed by atoms with E-state index in [0.717, 1.165) is 13.1 Å². The summed E-state index contributed by atoms with van der Waals surface area (Å²) in [7, 11) is 1.99. The van der Waals surface area contributed by atoms with Crippen molar-refractivity contribution in [2.45, 2.75) is 25.8 Å². The van der Waals surface area contributed by atoms with Crippen molar-refractivity contribution in [3.63, 3.8) is 0 Å². The molecule has 19 heavy (non-hydrogen) atoms. The molecule has 0 saturated carbocycles. The molecule has 0 aliphatic carbocycles. The highest BCUT2D eigenvalue weighted by atomic mass is 15.3. The van der Waals surface area contributed by atoms with E-state index in [2.05, 4.69) is 21.8 Å². The third kappa shape index (κ3) is 3.20. The van der Waals surface area contributed by atoms with Gasteiger partial charge in [-0.15, -0.1) is 0 Å². The number of likely N-dealkylation sites (N-methyl/N-ethyl adjacent to an activating group) is 2. The third-order valence-electron chi connectivity index (χ3n) is 3.65. The Kier molecular flexibility index (Phi) is 4.31. The lowest BCUT2D eigenvalue weighted by molar-refractivity contribution is 0.270. The largest absolute Gasteiger partial charge is 0.382 e. The first-order chi connectivity index (χ1) is 9.11. The Morgan fingerprint density at radius 3 is 3.11 bits per heavy atom. The molecule has 0 bridgehead atoms. The van der Waals surface area contributed by atoms with Gasteiger partial charge in [0.25, 0.3) is 0 Å². The van der Waals surface area contributed by atoms with Gasteiger partial charge in [-0.2, -0.15) is 0 Å². The van der Waals surface area contributed by atoms with Crippen LogP contribution in [0, 0.1) is 5.41 Å². The molecule has 1 atom stereocenters. The second kappa shape index (κ2) is 5.97. The number of amidine groups is 1. The molecule has 0 radical (unpaired) electrons. The summed E-state index contributed by atoms with van der Waals surface area (Å²) < 4.78 is 0. The van der Waals surface area contributed by atoms with Crippen molar-refractivity contribution in [2.75, 3.05) is 31.6 Å². The highest BCUT2D eigenvalue weighted by Gasteiger charge is 2.24. The molecule has 2 heterocycles. The van der Waals surface area contributed by atoms with Gasteiger partial charge in [0.15, 0.2) is 0 Å². The van der Waals surface area contributed by atoms with Crippen LogP contribution in [0.5, 0.6) is 0 Å². The van der Waals surface area contributed by atoms with E-state index in [1.165, 1.54) is 19.4 Å². The molecule has 104 valence electrons. The molecule has 0 aromatic carbocycles. The summed E-state index contributed by atoms with van der Waals surface area (Å²) in [4.78, 5) is 13.1. The molecular formula is C13H22N6. The van der Waals surface area contributed by atoms with Crippen LogP contribution in [0.15, 0.2) is 12.3 Å². The van der Waals surface area contributed by atoms with Crippen LogP contribution in [0.2, 0.25) is 0 Å². The zero-order valence-electron chi connectivity index (χ0n) is 11.6. The maximum Gasteiger partial charge on any atom is 0.225 e. The van der Waals surface area contributed by atoms with E-state index in [9.17, 15) is 0 Å². The summed E-state index contributed by atoms with van der Waals surface area (Å²) in [5.74, 6) is 0.615. The van der Waals surface area contributed by atoms with Gasteiger partial charge < -0.3 is 10.6 Å². The molecule has 1 aromatic rings. The van der Waals surface area contributed by atoms with Crippen LogP contribution in [0.25, 0.3) is 0 Å². The third-order valence-corrected chi connectivity index (χ3v) is 3.65. The van der Waals surface area contributed by atoms with Gasteiger partial charge in [-0.25, -0.2) is 9.97 Å². The van der Waals surface area contributed by atoms with Crippen molar-refractivity contribution in [3.8, 4) is 0 Å². The maximum absolute atomic E-state index is 7.42. The van der Waals surface area contributed by atoms with Gasteiger partial charge >= 0.3 is 0 Å². The van der Waals surface area contributed by atoms with Crippen molar-refractivity contribution in [1.29, 1.82) is 5.41 Å². The van der Waals surface area contributed by atoms with Gasteiger partial charge in [-0.05, 0) is 32.0 Å². The minimum absolute atomic E-state index is 0.0203. The standard InChI is InChI=1S/C13H22N6/c1-3-19-8-4-5-10(19)9-18(2)13-16-7-6-11(17-13)12(14)15/h6-7,10H,3-5,8-9H2,1-2H3,(H3,14,15). The predicted octanol–water partition coefficient (Wildman–Crippen LogP) is 0.681. The van der Waals surface area contributed by atoms with Crippen LogP contribution < -0.4 is 10.6 Å². The lowest BCUT2D eigenvalue weighted by Gasteiger charge is -2.27. The average Bonchev–Trinajstić information content (AvgIpc) is 2.86. The molecule has 0 spiro atoms. The van der Waals surface area contributed by atoms with Gasteiger partial charge in [0.05, 0.1) is 0 Å². The highest BCUT2D eigenvalue weighted by Crippen LogP contribution is 2.18. The quantitative estimate of drug-likeness (QED) is 0.602. The van der Waals surface area contributed by atoms with Crippen molar-refractivity contribution >= 4 is 11.8 Å². The monoisotopic (exact) mass is 262 g/mol. The molecule has 1 unspecified atom stereocenters. The summed E-state index contributed by atoms with van der Waals surface area (Å²) >= 11 is 0. The Morgan fingerprint density at radius 1 is 1.63 bits per heavy atom. The number of hydrogen-bond acceptors (Lipinski definition) is 5. The molecule has 1 aliphatic heterocycles. The lowest BCUT2D eigenvalue weighted by atomic mass is 10.2. The Labute approximate surface area is 114 Å². The number of hydrogen-bond donors (Lipinski definition) is 2. The van der Waals surface area contributed by atoms with Gasteiger partial charge in [0.1, 0.15) is 11.5 Å². The first kappa shape index (κ1) is 13.7. The number of likely N-dealkylation sites (tertiary alicyclic amines) is 1. The number of rotatable bonds is 5. The Balaban J connectivity index is 2.05. The number of nitrogens with one attached hydrogen (secondary N) is 1. The van der Waals surface area contributed by atoms with E-state index in [1.54, 1.807) is 12.3 Å². The predicted molar refractivity (Wildman–Crippen MR) is 76.6 cm³/mol. The van der Waals surface area contributed by atoms with Crippen molar-refractivity contribution < 1.29 is 0 Å². The van der Waals surface area contributed by atoms with Gasteiger partial charge in [0.2, 0.25) is 5.95 Å². The van der Waals surface area contributed by atoms with Crippen LogP contribution in [0.1, 0.15) is 25.5 Å². The normalized spacial score (nSPS) is 19.6. The Hall–Kier alpha value is -1.69. The highest BCUT2D eigenvalue weighted by molar-refractivity contribution is 5.93. The summed E-state index contributed by atoms with van der Waals surface area (Å²) in [5, 5.41) is 7.42. The average molecular weight is 262 g/mol. The van der Waals surface area contributed by atoms with E-state index >= 15 is 0 Å². The van der Waals surface area contributed by atoms with Crippen molar-refractivity contribution in [2.24, 2.45) is 5.73 Å². The fourth-order valence-electron chi connectivity index (χ4n) is 2.60. The van der Waals surface area contributed by atoms with E-state index in [0.29, 0.717) is 17.7 Å². The van der Waals surface area contributed by atoms with Gasteiger partial charge in [0, 0.05) is 25.8 Å². The molecule has 1 aromatic heterocycles. The molecule has 6 nitrogen and oxygen atoms in total. The van der Waals surface area contributed by atoms with Crippen LogP contribution in [0.4, 0.5) is 5.95 Å². The summed E-state index contributed by atoms with van der Waals surface area (Å²) in [5.41, 5.74) is 5.94. The maximum atomic E-state index is 7.42. The van der Waals surface area contributed by atoms with E-state index in [-0.39, 0.29) is 5.84 Å². The molecular weight excluding hydrogens is 240 g/mol. The summed E-state index contributed by atoms with van der Waals surface area (Å²) in [6, 6.07) is 2.23. The van der Waals surface area contributed by atoms with E-state index in [4.69, 9.17) is 11.1 Å². The Bertz CT molecular complexity index is 447. The molecule has 0 amide bonds. The van der Waals surface area contributed by atoms with Gasteiger partial charge in [-0.1, -0.05) is 6.92 Å². The molecule has 3 N–H and O–H groups in total. The van der Waals surface area contributed by atoms with Crippen molar-refractivity contribution in [1.82, 2.24) is 14.9 Å². The molecule has 2 rings (SSSR count). The fourth-order valence-corrected chi connectivity index (χ4v) is 2.60. The molecule has 6 heteroatoms. The minimum Gasteiger partial charge on any atom is -0.382 e. The van der Waals surface area contributed by atoms with Crippen molar-refractivity contribution in [3.05, 3.63) is 18.0 Å². The second-order valence-corrected chi connectivity index (χ2v) is 4.96. The summed E-state index contributed by atoms with van der Waals surface area (Å²) in [6.07, 6.45) is 4.15. The van der Waals surface area contributed by atoms with Crippen LogP contribution >= 0.6 is 0 Å². The first-order valence-corrected chi connectivity index (χ1v) is 6.74. The van der Waals surface area contributed by atoms with Crippen LogP contribution in [0.3, 0.4) is 0 Å². The topological polar surface area (TPSA) is 82.1 Å². The second-order valence-electron chi connectivity index (χ2n) is 4.96. The fraction of sp³-hybridized carbons (Fsp3) is 0.615. The Morgan fingerprint density at radius 2 is 2.42 bits per heavy atom. The SMILES string of the molecule is CCN1CCCC1CN(C)c1nccc(C(=N)N)n1. The number of nitrogen functional groups attached to an aromatic ring is 1. The van der Waals surface area contributed by atoms with E-state index in [1.807, 2.05) is 11.9 Å². The molecule has 1 fully saturated rings. The van der Waals surface area contributed by atoms with Crippen LogP contribution in [-0.4, -0.2) is 53.4 Å². The van der Waals surface area contributed by atoms with Crippen LogP contribution in [-0.2, 0) is 0 Å². The lowest BCUT2D eigenvalue weighted by Crippen LogP contribution is -2.39. The zero-order chi connectivity index (χ0) is 13.8. The van der Waals surface area contributed by atoms with Gasteiger partial charge in [-0.3, -0.25) is 10.3 Å². The first-order valence-electron chi connectivity index (χ1n) is 6.74. The number of nitrogens with zero attached hydrogens (tertiary/aromatic N) is 4. The zero-order valence-corrected chi connectivity index (χ0v) is 11.6. The smallest absolute Gasteiger partial charge is 0.225 e. The number of nitrogens with two attached hydrogens (primary N) is 1. The van der Waals surface area contributed by atoms with E-state index < -0.39 is 0 Å². The number of anilines is 1. The molecule has 1 saturated heterocycles. The number of aromatic nitrogens is 2.